The van der Waals surface area contributed by atoms with Crippen LogP contribution >= 0.6 is 0 Å². The molecule has 0 fully saturated rings. The maximum Gasteiger partial charge on any atom is 0.269 e. The number of nitrogens with zero attached hydrogens (tertiary/aromatic N) is 2. The van der Waals surface area contributed by atoms with Gasteiger partial charge in [-0.2, -0.15) is 0 Å². The summed E-state index contributed by atoms with van der Waals surface area (Å²) in [6.07, 6.45) is 1.61. The quantitative estimate of drug-likeness (QED) is 0.506. The highest BCUT2D eigenvalue weighted by molar-refractivity contribution is 6.05. The SMILES string of the molecule is C=CCN1C(=O)COc2ccc(NC(=O)c3ccc([N+](=O)[O-])cc3)cc21. The van der Waals surface area contributed by atoms with E-state index in [0.717, 1.165) is 0 Å². The number of benzene rings is 2. The van der Waals surface area contributed by atoms with Gasteiger partial charge in [-0.05, 0) is 30.3 Å². The van der Waals surface area contributed by atoms with Gasteiger partial charge >= 0.3 is 0 Å². The smallest absolute Gasteiger partial charge is 0.269 e. The molecule has 0 saturated heterocycles. The van der Waals surface area contributed by atoms with Crippen molar-refractivity contribution in [1.82, 2.24) is 0 Å². The fourth-order valence-corrected chi connectivity index (χ4v) is 2.55. The third-order valence-electron chi connectivity index (χ3n) is 3.81. The maximum atomic E-state index is 12.3. The first-order chi connectivity index (χ1) is 12.5. The van der Waals surface area contributed by atoms with Crippen molar-refractivity contribution in [3.63, 3.8) is 0 Å². The van der Waals surface area contributed by atoms with Gasteiger partial charge < -0.3 is 15.0 Å². The minimum absolute atomic E-state index is 0.0463. The van der Waals surface area contributed by atoms with Crippen LogP contribution in [0.3, 0.4) is 0 Å². The highest BCUT2D eigenvalue weighted by atomic mass is 16.6. The summed E-state index contributed by atoms with van der Waals surface area (Å²) in [5.74, 6) is -0.0748. The molecule has 0 spiro atoms. The Labute approximate surface area is 148 Å². The number of anilines is 2. The Morgan fingerprint density at radius 3 is 2.69 bits per heavy atom. The summed E-state index contributed by atoms with van der Waals surface area (Å²) in [5, 5.41) is 13.4. The number of hydrogen-bond acceptors (Lipinski definition) is 5. The second-order valence-corrected chi connectivity index (χ2v) is 5.52. The fraction of sp³-hybridized carbons (Fsp3) is 0.111. The van der Waals surface area contributed by atoms with Crippen LogP contribution < -0.4 is 15.0 Å². The van der Waals surface area contributed by atoms with Gasteiger partial charge in [0.05, 0.1) is 10.6 Å². The highest BCUT2D eigenvalue weighted by Gasteiger charge is 2.25. The van der Waals surface area contributed by atoms with Crippen molar-refractivity contribution in [2.24, 2.45) is 0 Å². The molecule has 1 N–H and O–H groups in total. The number of fused-ring (bicyclic) bond motifs is 1. The van der Waals surface area contributed by atoms with E-state index in [1.54, 1.807) is 24.3 Å². The lowest BCUT2D eigenvalue weighted by molar-refractivity contribution is -0.384. The highest BCUT2D eigenvalue weighted by Crippen LogP contribution is 2.34. The molecule has 0 bridgehead atoms. The summed E-state index contributed by atoms with van der Waals surface area (Å²) < 4.78 is 5.39. The van der Waals surface area contributed by atoms with Crippen molar-refractivity contribution in [2.75, 3.05) is 23.4 Å². The van der Waals surface area contributed by atoms with Crippen LogP contribution in [0.5, 0.6) is 5.75 Å². The molecule has 8 heteroatoms. The topological polar surface area (TPSA) is 102 Å². The summed E-state index contributed by atoms with van der Waals surface area (Å²) in [7, 11) is 0. The molecule has 2 amide bonds. The predicted molar refractivity (Wildman–Crippen MR) is 95.5 cm³/mol. The van der Waals surface area contributed by atoms with E-state index in [1.807, 2.05) is 0 Å². The van der Waals surface area contributed by atoms with Gasteiger partial charge in [-0.15, -0.1) is 6.58 Å². The van der Waals surface area contributed by atoms with Crippen LogP contribution in [0.4, 0.5) is 17.1 Å². The number of carbonyl (C=O) groups is 2. The zero-order valence-electron chi connectivity index (χ0n) is 13.7. The Hall–Kier alpha value is -3.68. The standard InChI is InChI=1S/C18H15N3O5/c1-2-9-20-15-10-13(5-8-16(15)26-11-17(20)22)19-18(23)12-3-6-14(7-4-12)21(24)25/h2-8,10H,1,9,11H2,(H,19,23). The molecule has 8 nitrogen and oxygen atoms in total. The normalized spacial score (nSPS) is 12.8. The summed E-state index contributed by atoms with van der Waals surface area (Å²) >= 11 is 0. The summed E-state index contributed by atoms with van der Waals surface area (Å²) in [6, 6.07) is 10.2. The molecule has 0 aliphatic carbocycles. The molecule has 0 saturated carbocycles. The molecular weight excluding hydrogens is 338 g/mol. The second-order valence-electron chi connectivity index (χ2n) is 5.52. The average Bonchev–Trinajstić information content (AvgIpc) is 2.64. The van der Waals surface area contributed by atoms with E-state index in [-0.39, 0.29) is 23.8 Å². The van der Waals surface area contributed by atoms with Gasteiger partial charge in [0.25, 0.3) is 17.5 Å². The van der Waals surface area contributed by atoms with E-state index in [4.69, 9.17) is 4.74 Å². The van der Waals surface area contributed by atoms with Crippen LogP contribution in [-0.4, -0.2) is 29.9 Å². The van der Waals surface area contributed by atoms with Crippen LogP contribution in [0.1, 0.15) is 10.4 Å². The van der Waals surface area contributed by atoms with Crippen molar-refractivity contribution in [1.29, 1.82) is 0 Å². The monoisotopic (exact) mass is 353 g/mol. The number of ether oxygens (including phenoxy) is 1. The molecule has 1 heterocycles. The van der Waals surface area contributed by atoms with Crippen molar-refractivity contribution in [2.45, 2.75) is 0 Å². The molecule has 1 aliphatic heterocycles. The molecule has 132 valence electrons. The van der Waals surface area contributed by atoms with Crippen molar-refractivity contribution < 1.29 is 19.2 Å². The lowest BCUT2D eigenvalue weighted by atomic mass is 10.1. The number of nitro benzene ring substituents is 1. The maximum absolute atomic E-state index is 12.3. The van der Waals surface area contributed by atoms with E-state index in [2.05, 4.69) is 11.9 Å². The first kappa shape index (κ1) is 17.2. The second kappa shape index (κ2) is 7.06. The van der Waals surface area contributed by atoms with Gasteiger partial charge in [0, 0.05) is 29.9 Å². The van der Waals surface area contributed by atoms with E-state index >= 15 is 0 Å². The molecule has 0 aromatic heterocycles. The Kier molecular flexibility index (Phi) is 4.66. The minimum atomic E-state index is -0.531. The molecular formula is C18H15N3O5. The van der Waals surface area contributed by atoms with Gasteiger partial charge in [0.1, 0.15) is 5.75 Å². The largest absolute Gasteiger partial charge is 0.482 e. The van der Waals surface area contributed by atoms with Gasteiger partial charge in [-0.1, -0.05) is 6.08 Å². The first-order valence-corrected chi connectivity index (χ1v) is 7.73. The molecule has 1 aliphatic rings. The molecule has 3 rings (SSSR count). The third-order valence-corrected chi connectivity index (χ3v) is 3.81. The predicted octanol–water partition coefficient (Wildman–Crippen LogP) is 2.76. The number of nitro groups is 1. The van der Waals surface area contributed by atoms with Gasteiger partial charge in [-0.3, -0.25) is 19.7 Å². The lowest BCUT2D eigenvalue weighted by Crippen LogP contribution is -2.38. The van der Waals surface area contributed by atoms with Crippen LogP contribution in [-0.2, 0) is 4.79 Å². The van der Waals surface area contributed by atoms with Crippen LogP contribution in [0.15, 0.2) is 55.1 Å². The zero-order chi connectivity index (χ0) is 18.7. The van der Waals surface area contributed by atoms with Gasteiger partial charge in [-0.25, -0.2) is 0 Å². The minimum Gasteiger partial charge on any atom is -0.482 e. The Morgan fingerprint density at radius 1 is 1.31 bits per heavy atom. The molecule has 0 unspecified atom stereocenters. The number of hydrogen-bond donors (Lipinski definition) is 1. The van der Waals surface area contributed by atoms with E-state index in [0.29, 0.717) is 23.7 Å². The molecule has 2 aromatic carbocycles. The van der Waals surface area contributed by atoms with E-state index in [9.17, 15) is 19.7 Å². The summed E-state index contributed by atoms with van der Waals surface area (Å²) in [5.41, 5.74) is 1.21. The number of non-ortho nitro benzene ring substituents is 1. The Balaban J connectivity index is 1.82. The first-order valence-electron chi connectivity index (χ1n) is 7.73. The van der Waals surface area contributed by atoms with E-state index in [1.165, 1.54) is 29.2 Å². The molecule has 2 aromatic rings. The van der Waals surface area contributed by atoms with Crippen molar-refractivity contribution in [3.05, 3.63) is 70.8 Å². The van der Waals surface area contributed by atoms with Crippen LogP contribution in [0.25, 0.3) is 0 Å². The third kappa shape index (κ3) is 3.39. The number of rotatable bonds is 5. The molecule has 0 radical (unpaired) electrons. The van der Waals surface area contributed by atoms with Crippen LogP contribution in [0.2, 0.25) is 0 Å². The van der Waals surface area contributed by atoms with Crippen molar-refractivity contribution in [3.8, 4) is 5.75 Å². The molecule has 0 atom stereocenters. The fourth-order valence-electron chi connectivity index (χ4n) is 2.55. The zero-order valence-corrected chi connectivity index (χ0v) is 13.7. The van der Waals surface area contributed by atoms with Gasteiger partial charge in [0.15, 0.2) is 6.61 Å². The summed E-state index contributed by atoms with van der Waals surface area (Å²) in [4.78, 5) is 36.0. The Morgan fingerprint density at radius 2 is 2.04 bits per heavy atom. The number of amides is 2. The average molecular weight is 353 g/mol. The van der Waals surface area contributed by atoms with Crippen LogP contribution in [0, 0.1) is 10.1 Å². The summed E-state index contributed by atoms with van der Waals surface area (Å²) in [6.45, 7) is 3.92. The van der Waals surface area contributed by atoms with E-state index < -0.39 is 10.8 Å². The van der Waals surface area contributed by atoms with Gasteiger partial charge in [0.2, 0.25) is 0 Å². The van der Waals surface area contributed by atoms with Crippen molar-refractivity contribution >= 4 is 28.9 Å². The lowest BCUT2D eigenvalue weighted by Gasteiger charge is -2.28. The number of carbonyl (C=O) groups excluding carboxylic acids is 2. The number of nitrogens with one attached hydrogen (secondary N) is 1. The Bertz CT molecular complexity index is 892. The molecule has 26 heavy (non-hydrogen) atoms.